The number of rotatable bonds is 9. The molecule has 0 aliphatic heterocycles. The van der Waals surface area contributed by atoms with Crippen LogP contribution in [0.5, 0.6) is 0 Å². The monoisotopic (exact) mass is 331 g/mol. The van der Waals surface area contributed by atoms with Crippen LogP contribution in [0.4, 0.5) is 0 Å². The van der Waals surface area contributed by atoms with Gasteiger partial charge in [-0.15, -0.1) is 0 Å². The summed E-state index contributed by atoms with van der Waals surface area (Å²) >= 11 is 0. The predicted octanol–water partition coefficient (Wildman–Crippen LogP) is -0.549. The molecule has 6 N–H and O–H groups in total. The average Bonchev–Trinajstić information content (AvgIpc) is 2.41. The van der Waals surface area contributed by atoms with E-state index in [0.29, 0.717) is 0 Å². The molecule has 0 heterocycles. The van der Waals surface area contributed by atoms with Gasteiger partial charge in [-0.2, -0.15) is 0 Å². The first kappa shape index (κ1) is 21.3. The van der Waals surface area contributed by atoms with Crippen LogP contribution in [0.25, 0.3) is 0 Å². The van der Waals surface area contributed by atoms with Gasteiger partial charge >= 0.3 is 5.97 Å². The van der Waals surface area contributed by atoms with Crippen molar-refractivity contribution in [2.75, 3.05) is 0 Å². The molecule has 0 aliphatic carbocycles. The van der Waals surface area contributed by atoms with Gasteiger partial charge in [-0.25, -0.2) is 4.79 Å². The first-order chi connectivity index (χ1) is 10.5. The highest BCUT2D eigenvalue weighted by Crippen LogP contribution is 2.08. The van der Waals surface area contributed by atoms with E-state index in [2.05, 4.69) is 10.6 Å². The number of aliphatic hydroxyl groups is 1. The normalized spacial score (nSPS) is 16.6. The Balaban J connectivity index is 4.98. The van der Waals surface area contributed by atoms with Gasteiger partial charge in [-0.05, 0) is 25.2 Å². The highest BCUT2D eigenvalue weighted by molar-refractivity contribution is 5.92. The Morgan fingerprint density at radius 3 is 1.87 bits per heavy atom. The fourth-order valence-electron chi connectivity index (χ4n) is 1.96. The minimum absolute atomic E-state index is 0.0900. The summed E-state index contributed by atoms with van der Waals surface area (Å²) in [7, 11) is 0. The van der Waals surface area contributed by atoms with Crippen molar-refractivity contribution in [2.24, 2.45) is 17.6 Å². The molecule has 0 radical (unpaired) electrons. The van der Waals surface area contributed by atoms with Crippen LogP contribution in [-0.4, -0.2) is 52.2 Å². The van der Waals surface area contributed by atoms with Gasteiger partial charge in [0.05, 0.1) is 6.10 Å². The molecule has 0 aromatic carbocycles. The van der Waals surface area contributed by atoms with Crippen molar-refractivity contribution in [3.63, 3.8) is 0 Å². The van der Waals surface area contributed by atoms with E-state index >= 15 is 0 Å². The Kier molecular flexibility index (Phi) is 8.78. The molecule has 0 saturated carbocycles. The zero-order valence-electron chi connectivity index (χ0n) is 14.4. The van der Waals surface area contributed by atoms with Crippen molar-refractivity contribution in [1.29, 1.82) is 0 Å². The number of hydrogen-bond donors (Lipinski definition) is 5. The third-order valence-corrected chi connectivity index (χ3v) is 3.39. The summed E-state index contributed by atoms with van der Waals surface area (Å²) in [4.78, 5) is 35.5. The smallest absolute Gasteiger partial charge is 0.326 e. The van der Waals surface area contributed by atoms with Crippen LogP contribution in [0.2, 0.25) is 0 Å². The zero-order valence-corrected chi connectivity index (χ0v) is 14.4. The largest absolute Gasteiger partial charge is 0.480 e. The molecule has 2 amide bonds. The number of carboxylic acids is 1. The number of hydrogen-bond acceptors (Lipinski definition) is 5. The molecule has 8 heteroatoms. The lowest BCUT2D eigenvalue weighted by Gasteiger charge is -2.26. The van der Waals surface area contributed by atoms with Gasteiger partial charge in [0.25, 0.3) is 0 Å². The second kappa shape index (κ2) is 9.46. The number of nitrogens with two attached hydrogens (primary N) is 1. The summed E-state index contributed by atoms with van der Waals surface area (Å²) < 4.78 is 0. The number of aliphatic carboxylic acids is 1. The Morgan fingerprint density at radius 2 is 1.52 bits per heavy atom. The van der Waals surface area contributed by atoms with E-state index in [9.17, 15) is 24.6 Å². The Hall–Kier alpha value is -1.67. The quantitative estimate of drug-likeness (QED) is 0.384. The summed E-state index contributed by atoms with van der Waals surface area (Å²) in [6, 6.07) is -3.11. The summed E-state index contributed by atoms with van der Waals surface area (Å²) in [6.07, 6.45) is -0.772. The lowest BCUT2D eigenvalue weighted by Crippen LogP contribution is -2.58. The minimum Gasteiger partial charge on any atom is -0.480 e. The molecular weight excluding hydrogens is 302 g/mol. The number of carbonyl (C=O) groups is 3. The van der Waals surface area contributed by atoms with Crippen molar-refractivity contribution in [3.05, 3.63) is 0 Å². The Morgan fingerprint density at radius 1 is 1.00 bits per heavy atom. The van der Waals surface area contributed by atoms with Gasteiger partial charge in [0.2, 0.25) is 11.8 Å². The first-order valence-electron chi connectivity index (χ1n) is 7.74. The van der Waals surface area contributed by atoms with E-state index in [1.165, 1.54) is 6.92 Å². The fraction of sp³-hybridized carbons (Fsp3) is 0.800. The highest BCUT2D eigenvalue weighted by atomic mass is 16.4. The van der Waals surface area contributed by atoms with Gasteiger partial charge in [-0.3, -0.25) is 9.59 Å². The highest BCUT2D eigenvalue weighted by Gasteiger charge is 2.31. The second-order valence-electron chi connectivity index (χ2n) is 6.53. The van der Waals surface area contributed by atoms with E-state index in [1.807, 2.05) is 13.8 Å². The Bertz CT molecular complexity index is 423. The summed E-state index contributed by atoms with van der Waals surface area (Å²) in [5.41, 5.74) is 5.54. The molecular formula is C15H29N3O5. The lowest BCUT2D eigenvalue weighted by atomic mass is 10.00. The van der Waals surface area contributed by atoms with Crippen LogP contribution < -0.4 is 16.4 Å². The number of carboxylic acid groups (broad SMARTS) is 1. The molecule has 23 heavy (non-hydrogen) atoms. The molecule has 0 fully saturated rings. The third kappa shape index (κ3) is 7.43. The number of nitrogens with one attached hydrogen (secondary N) is 2. The van der Waals surface area contributed by atoms with Crippen LogP contribution >= 0.6 is 0 Å². The topological polar surface area (TPSA) is 142 Å². The lowest BCUT2D eigenvalue weighted by molar-refractivity contribution is -0.143. The average molecular weight is 331 g/mol. The molecule has 8 nitrogen and oxygen atoms in total. The molecule has 0 rings (SSSR count). The maximum Gasteiger partial charge on any atom is 0.326 e. The van der Waals surface area contributed by atoms with Gasteiger partial charge in [-0.1, -0.05) is 27.7 Å². The van der Waals surface area contributed by atoms with E-state index < -0.39 is 42.0 Å². The summed E-state index contributed by atoms with van der Waals surface area (Å²) in [5.74, 6) is -2.55. The summed E-state index contributed by atoms with van der Waals surface area (Å²) in [6.45, 7) is 8.52. The van der Waals surface area contributed by atoms with Crippen LogP contribution in [0.3, 0.4) is 0 Å². The van der Waals surface area contributed by atoms with Gasteiger partial charge in [0.15, 0.2) is 0 Å². The standard InChI is InChI=1S/C15H29N3O5/c1-7(2)6-10(15(22)23)17-14(21)12(8(3)4)18-13(20)11(16)9(5)19/h7-12,19H,6,16H2,1-5H3,(H,17,21)(H,18,20)(H,22,23)/t9-,10-,11-,12-/m1/s1. The zero-order chi connectivity index (χ0) is 18.3. The van der Waals surface area contributed by atoms with Crippen LogP contribution in [0.15, 0.2) is 0 Å². The predicted molar refractivity (Wildman–Crippen MR) is 85.4 cm³/mol. The molecule has 0 unspecified atom stereocenters. The van der Waals surface area contributed by atoms with Gasteiger partial charge in [0.1, 0.15) is 18.1 Å². The first-order valence-corrected chi connectivity index (χ1v) is 7.74. The molecule has 0 aliphatic rings. The van der Waals surface area contributed by atoms with Crippen molar-refractivity contribution in [1.82, 2.24) is 10.6 Å². The van der Waals surface area contributed by atoms with Crippen molar-refractivity contribution in [2.45, 2.75) is 65.3 Å². The fourth-order valence-corrected chi connectivity index (χ4v) is 1.96. The molecule has 4 atom stereocenters. The summed E-state index contributed by atoms with van der Waals surface area (Å²) in [5, 5.41) is 23.4. The molecule has 0 aromatic rings. The number of carbonyl (C=O) groups excluding carboxylic acids is 2. The van der Waals surface area contributed by atoms with Crippen molar-refractivity contribution >= 4 is 17.8 Å². The van der Waals surface area contributed by atoms with Gasteiger partial charge < -0.3 is 26.6 Å². The van der Waals surface area contributed by atoms with E-state index in [0.717, 1.165) is 0 Å². The number of amides is 2. The van der Waals surface area contributed by atoms with E-state index in [1.54, 1.807) is 13.8 Å². The third-order valence-electron chi connectivity index (χ3n) is 3.39. The maximum absolute atomic E-state index is 12.3. The van der Waals surface area contributed by atoms with Crippen LogP contribution in [0.1, 0.15) is 41.0 Å². The van der Waals surface area contributed by atoms with Crippen LogP contribution in [0, 0.1) is 11.8 Å². The van der Waals surface area contributed by atoms with E-state index in [4.69, 9.17) is 5.73 Å². The van der Waals surface area contributed by atoms with Gasteiger partial charge in [0, 0.05) is 0 Å². The molecule has 0 saturated heterocycles. The maximum atomic E-state index is 12.3. The second-order valence-corrected chi connectivity index (χ2v) is 6.53. The Labute approximate surface area is 136 Å². The minimum atomic E-state index is -1.16. The van der Waals surface area contributed by atoms with Crippen molar-refractivity contribution < 1.29 is 24.6 Å². The number of aliphatic hydroxyl groups excluding tert-OH is 1. The molecule has 0 aromatic heterocycles. The van der Waals surface area contributed by atoms with E-state index in [-0.39, 0.29) is 18.3 Å². The molecule has 0 spiro atoms. The molecule has 134 valence electrons. The SMILES string of the molecule is CC(C)C[C@@H](NC(=O)[C@H](NC(=O)[C@H](N)[C@@H](C)O)C(C)C)C(=O)O. The van der Waals surface area contributed by atoms with Crippen LogP contribution in [-0.2, 0) is 14.4 Å². The van der Waals surface area contributed by atoms with Crippen molar-refractivity contribution in [3.8, 4) is 0 Å². The molecule has 0 bridgehead atoms.